The lowest BCUT2D eigenvalue weighted by atomic mass is 10.1. The third kappa shape index (κ3) is 4.13. The molecule has 0 radical (unpaired) electrons. The molecule has 1 aliphatic carbocycles. The van der Waals surface area contributed by atoms with E-state index in [1.165, 1.54) is 4.88 Å². The van der Waals surface area contributed by atoms with Gasteiger partial charge in [0, 0.05) is 21.2 Å². The summed E-state index contributed by atoms with van der Waals surface area (Å²) in [6, 6.07) is 9.97. The number of nitriles is 1. The van der Waals surface area contributed by atoms with E-state index in [4.69, 9.17) is 11.6 Å². The Morgan fingerprint density at radius 3 is 2.88 bits per heavy atom. The maximum Gasteiger partial charge on any atom is 0.225 e. The summed E-state index contributed by atoms with van der Waals surface area (Å²) in [6.07, 6.45) is 4.37. The fourth-order valence-corrected chi connectivity index (χ4v) is 4.99. The molecule has 0 saturated carbocycles. The Labute approximate surface area is 155 Å². The highest BCUT2D eigenvalue weighted by Gasteiger charge is 2.22. The molecule has 0 bridgehead atoms. The number of carbonyl (C=O) groups excluding carboxylic acids is 1. The van der Waals surface area contributed by atoms with E-state index in [0.717, 1.165) is 51.9 Å². The molecule has 1 aromatic carbocycles. The standard InChI is InChI=1S/C18H17ClN2OS2/c19-12-6-8-13(9-7-12)23-10-2-5-17(22)21-18-15(11-20)14-3-1-4-16(14)24-18/h6-9H,1-5,10H2,(H,21,22). The lowest BCUT2D eigenvalue weighted by Crippen LogP contribution is -2.11. The van der Waals surface area contributed by atoms with Crippen molar-refractivity contribution in [3.8, 4) is 6.07 Å². The minimum atomic E-state index is -0.0110. The number of halogens is 1. The molecule has 0 aliphatic heterocycles. The fraction of sp³-hybridized carbons (Fsp3) is 0.333. The van der Waals surface area contributed by atoms with Crippen molar-refractivity contribution in [1.82, 2.24) is 0 Å². The van der Waals surface area contributed by atoms with Crippen molar-refractivity contribution in [3.63, 3.8) is 0 Å². The topological polar surface area (TPSA) is 52.9 Å². The van der Waals surface area contributed by atoms with Crippen LogP contribution in [-0.2, 0) is 17.6 Å². The Bertz CT molecular complexity index is 778. The van der Waals surface area contributed by atoms with Gasteiger partial charge in [-0.15, -0.1) is 23.1 Å². The predicted molar refractivity (Wildman–Crippen MR) is 101 cm³/mol. The van der Waals surface area contributed by atoms with Crippen molar-refractivity contribution < 1.29 is 4.79 Å². The number of aryl methyl sites for hydroxylation is 1. The molecule has 1 aromatic heterocycles. The smallest absolute Gasteiger partial charge is 0.225 e. The second kappa shape index (κ2) is 8.06. The molecule has 0 fully saturated rings. The van der Waals surface area contributed by atoms with E-state index >= 15 is 0 Å². The van der Waals surface area contributed by atoms with Gasteiger partial charge < -0.3 is 5.32 Å². The number of nitrogens with one attached hydrogen (secondary N) is 1. The number of fused-ring (bicyclic) bond motifs is 1. The molecule has 1 amide bonds. The molecule has 1 heterocycles. The lowest BCUT2D eigenvalue weighted by Gasteiger charge is -2.04. The first kappa shape index (κ1) is 17.3. The molecule has 6 heteroatoms. The van der Waals surface area contributed by atoms with Crippen molar-refractivity contribution in [1.29, 1.82) is 5.26 Å². The monoisotopic (exact) mass is 376 g/mol. The predicted octanol–water partition coefficient (Wildman–Crippen LogP) is 5.27. The number of thioether (sulfide) groups is 1. The fourth-order valence-electron chi connectivity index (χ4n) is 2.75. The zero-order valence-corrected chi connectivity index (χ0v) is 15.5. The molecule has 0 spiro atoms. The molecule has 3 nitrogen and oxygen atoms in total. The Balaban J connectivity index is 1.46. The van der Waals surface area contributed by atoms with Gasteiger partial charge in [0.2, 0.25) is 5.91 Å². The van der Waals surface area contributed by atoms with E-state index in [9.17, 15) is 10.1 Å². The van der Waals surface area contributed by atoms with Gasteiger partial charge >= 0.3 is 0 Å². The Morgan fingerprint density at radius 2 is 2.12 bits per heavy atom. The average molecular weight is 377 g/mol. The van der Waals surface area contributed by atoms with Crippen LogP contribution in [0.15, 0.2) is 29.2 Å². The van der Waals surface area contributed by atoms with Crippen LogP contribution in [0, 0.1) is 11.3 Å². The second-order valence-corrected chi connectivity index (χ2v) is 8.34. The summed E-state index contributed by atoms with van der Waals surface area (Å²) in [5, 5.41) is 13.7. The molecule has 3 rings (SSSR count). The van der Waals surface area contributed by atoms with Crippen molar-refractivity contribution in [2.24, 2.45) is 0 Å². The summed E-state index contributed by atoms with van der Waals surface area (Å²) < 4.78 is 0. The molecule has 124 valence electrons. The number of hydrogen-bond acceptors (Lipinski definition) is 4. The van der Waals surface area contributed by atoms with Gasteiger partial charge in [0.25, 0.3) is 0 Å². The van der Waals surface area contributed by atoms with Crippen LogP contribution in [0.25, 0.3) is 0 Å². The van der Waals surface area contributed by atoms with Gasteiger partial charge in [-0.05, 0) is 61.3 Å². The second-order valence-electron chi connectivity index (χ2n) is 5.63. The van der Waals surface area contributed by atoms with E-state index < -0.39 is 0 Å². The number of rotatable bonds is 6. The number of anilines is 1. The van der Waals surface area contributed by atoms with Gasteiger partial charge in [-0.2, -0.15) is 5.26 Å². The van der Waals surface area contributed by atoms with Crippen molar-refractivity contribution in [2.75, 3.05) is 11.1 Å². The maximum absolute atomic E-state index is 12.1. The Kier molecular flexibility index (Phi) is 5.83. The van der Waals surface area contributed by atoms with Gasteiger partial charge in [-0.1, -0.05) is 11.6 Å². The van der Waals surface area contributed by atoms with Crippen molar-refractivity contribution in [3.05, 3.63) is 45.3 Å². The summed E-state index contributed by atoms with van der Waals surface area (Å²) >= 11 is 9.14. The van der Waals surface area contributed by atoms with Gasteiger partial charge in [-0.3, -0.25) is 4.79 Å². The maximum atomic E-state index is 12.1. The van der Waals surface area contributed by atoms with Crippen LogP contribution in [0.3, 0.4) is 0 Å². The summed E-state index contributed by atoms with van der Waals surface area (Å²) in [5.74, 6) is 0.865. The number of benzene rings is 1. The molecule has 24 heavy (non-hydrogen) atoms. The molecular formula is C18H17ClN2OS2. The highest BCUT2D eigenvalue weighted by atomic mass is 35.5. The van der Waals surface area contributed by atoms with Crippen LogP contribution >= 0.6 is 34.7 Å². The number of nitrogens with zero attached hydrogens (tertiary/aromatic N) is 1. The lowest BCUT2D eigenvalue weighted by molar-refractivity contribution is -0.116. The number of hydrogen-bond donors (Lipinski definition) is 1. The van der Waals surface area contributed by atoms with Gasteiger partial charge in [-0.25, -0.2) is 0 Å². The Morgan fingerprint density at radius 1 is 1.33 bits per heavy atom. The summed E-state index contributed by atoms with van der Waals surface area (Å²) in [6.45, 7) is 0. The largest absolute Gasteiger partial charge is 0.317 e. The SMILES string of the molecule is N#Cc1c(NC(=O)CCCSc2ccc(Cl)cc2)sc2c1CCC2. The average Bonchev–Trinajstić information content (AvgIpc) is 3.13. The van der Waals surface area contributed by atoms with E-state index in [1.807, 2.05) is 24.3 Å². The highest BCUT2D eigenvalue weighted by Crippen LogP contribution is 2.38. The summed E-state index contributed by atoms with van der Waals surface area (Å²) in [5.41, 5.74) is 1.83. The van der Waals surface area contributed by atoms with Crippen molar-refractivity contribution >= 4 is 45.6 Å². The number of carbonyl (C=O) groups is 1. The van der Waals surface area contributed by atoms with E-state index in [-0.39, 0.29) is 5.91 Å². The molecule has 0 unspecified atom stereocenters. The quantitative estimate of drug-likeness (QED) is 0.551. The third-order valence-electron chi connectivity index (χ3n) is 3.92. The van der Waals surface area contributed by atoms with E-state index in [1.54, 1.807) is 23.1 Å². The normalized spacial score (nSPS) is 12.7. The van der Waals surface area contributed by atoms with Crippen LogP contribution in [0.4, 0.5) is 5.00 Å². The number of amides is 1. The molecule has 2 aromatic rings. The van der Waals surface area contributed by atoms with Gasteiger partial charge in [0.15, 0.2) is 0 Å². The highest BCUT2D eigenvalue weighted by molar-refractivity contribution is 7.99. The minimum Gasteiger partial charge on any atom is -0.317 e. The Hall–Kier alpha value is -1.48. The number of thiophene rings is 1. The first-order valence-electron chi connectivity index (χ1n) is 7.90. The van der Waals surface area contributed by atoms with Crippen molar-refractivity contribution in [2.45, 2.75) is 37.0 Å². The molecular weight excluding hydrogens is 360 g/mol. The van der Waals surface area contributed by atoms with Crippen LogP contribution in [0.5, 0.6) is 0 Å². The molecule has 1 aliphatic rings. The first-order valence-corrected chi connectivity index (χ1v) is 10.1. The molecule has 0 saturated heterocycles. The van der Waals surface area contributed by atoms with Gasteiger partial charge in [0.05, 0.1) is 5.56 Å². The van der Waals surface area contributed by atoms with Crippen LogP contribution in [0.1, 0.15) is 35.3 Å². The molecule has 0 atom stereocenters. The van der Waals surface area contributed by atoms with Crippen LogP contribution in [0.2, 0.25) is 5.02 Å². The van der Waals surface area contributed by atoms with E-state index in [0.29, 0.717) is 12.0 Å². The zero-order chi connectivity index (χ0) is 16.9. The summed E-state index contributed by atoms with van der Waals surface area (Å²) in [7, 11) is 0. The first-order chi connectivity index (χ1) is 11.7. The third-order valence-corrected chi connectivity index (χ3v) is 6.47. The zero-order valence-electron chi connectivity index (χ0n) is 13.1. The van der Waals surface area contributed by atoms with Crippen LogP contribution in [-0.4, -0.2) is 11.7 Å². The van der Waals surface area contributed by atoms with Gasteiger partial charge in [0.1, 0.15) is 11.1 Å². The minimum absolute atomic E-state index is 0.0110. The summed E-state index contributed by atoms with van der Waals surface area (Å²) in [4.78, 5) is 14.5. The van der Waals surface area contributed by atoms with E-state index in [2.05, 4.69) is 11.4 Å². The molecule has 1 N–H and O–H groups in total. The van der Waals surface area contributed by atoms with Crippen LogP contribution < -0.4 is 5.32 Å².